The van der Waals surface area contributed by atoms with E-state index in [1.165, 1.54) is 0 Å². The second-order valence-electron chi connectivity index (χ2n) is 6.64. The number of rotatable bonds is 4. The molecule has 4 rings (SSSR count). The lowest BCUT2D eigenvalue weighted by Gasteiger charge is -2.21. The zero-order valence-electron chi connectivity index (χ0n) is 15.9. The van der Waals surface area contributed by atoms with Gasteiger partial charge >= 0.3 is 0 Å². The maximum Gasteiger partial charge on any atom is 0.238 e. The number of anilines is 1. The predicted molar refractivity (Wildman–Crippen MR) is 115 cm³/mol. The number of thiocarbonyl (C=S) groups is 1. The molecule has 6 heteroatoms. The normalized spacial score (nSPS) is 13.4. The predicted octanol–water partition coefficient (Wildman–Crippen LogP) is 3.18. The molecule has 0 amide bonds. The van der Waals surface area contributed by atoms with Crippen LogP contribution >= 0.6 is 12.2 Å². The van der Waals surface area contributed by atoms with Gasteiger partial charge in [0.15, 0.2) is 28.9 Å². The van der Waals surface area contributed by atoms with Crippen LogP contribution in [0, 0.1) is 6.92 Å². The average Bonchev–Trinajstić information content (AvgIpc) is 2.74. The maximum absolute atomic E-state index is 13.5. The van der Waals surface area contributed by atoms with Gasteiger partial charge < -0.3 is 19.9 Å². The highest BCUT2D eigenvalue weighted by atomic mass is 32.1. The smallest absolute Gasteiger partial charge is 0.238 e. The van der Waals surface area contributed by atoms with Crippen molar-refractivity contribution in [3.05, 3.63) is 84.2 Å². The number of pyridine rings is 1. The molecular formula is C23H20N2O3S. The number of hydrogen-bond acceptors (Lipinski definition) is 4. The standard InChI is InChI=1S/C23H20N2O3S/c1-16-6-5-11-25(15-16)21(23(29)24-18-7-3-2-4-8-18)22(26)17-9-10-19-20(14-17)28-13-12-27-19/h2-11,14-15H,12-13H2,1H3,(H-,24,26,29). The molecule has 29 heavy (non-hydrogen) atoms. The molecule has 0 saturated heterocycles. The van der Waals surface area contributed by atoms with Gasteiger partial charge in [0.25, 0.3) is 0 Å². The van der Waals surface area contributed by atoms with E-state index in [0.29, 0.717) is 41.0 Å². The van der Waals surface area contributed by atoms with Crippen LogP contribution in [-0.4, -0.2) is 18.2 Å². The minimum atomic E-state index is -0.203. The van der Waals surface area contributed by atoms with E-state index >= 15 is 0 Å². The van der Waals surface area contributed by atoms with Crippen LogP contribution in [0.15, 0.2) is 73.1 Å². The summed E-state index contributed by atoms with van der Waals surface area (Å²) in [5.41, 5.74) is 2.68. The molecule has 2 aromatic carbocycles. The first-order valence-electron chi connectivity index (χ1n) is 9.28. The van der Waals surface area contributed by atoms with E-state index in [1.807, 2.05) is 61.8 Å². The van der Waals surface area contributed by atoms with Crippen molar-refractivity contribution in [3.63, 3.8) is 0 Å². The fourth-order valence-electron chi connectivity index (χ4n) is 3.10. The van der Waals surface area contributed by atoms with Crippen LogP contribution in [0.2, 0.25) is 0 Å². The van der Waals surface area contributed by atoms with Crippen LogP contribution in [0.3, 0.4) is 0 Å². The first-order valence-corrected chi connectivity index (χ1v) is 9.68. The topological polar surface area (TPSA) is 57.4 Å². The minimum Gasteiger partial charge on any atom is -0.867 e. The lowest BCUT2D eigenvalue weighted by Crippen LogP contribution is -2.40. The Balaban J connectivity index is 1.79. The van der Waals surface area contributed by atoms with Gasteiger partial charge in [0.05, 0.1) is 0 Å². The average molecular weight is 404 g/mol. The second-order valence-corrected chi connectivity index (χ2v) is 7.05. The van der Waals surface area contributed by atoms with E-state index in [0.717, 1.165) is 11.3 Å². The van der Waals surface area contributed by atoms with Crippen LogP contribution < -0.4 is 24.5 Å². The molecule has 5 nitrogen and oxygen atoms in total. The van der Waals surface area contributed by atoms with Crippen LogP contribution in [0.25, 0.3) is 11.5 Å². The van der Waals surface area contributed by atoms with Crippen molar-refractivity contribution in [2.24, 2.45) is 0 Å². The highest BCUT2D eigenvalue weighted by molar-refractivity contribution is 7.81. The van der Waals surface area contributed by atoms with Crippen molar-refractivity contribution in [2.45, 2.75) is 6.92 Å². The van der Waals surface area contributed by atoms with Gasteiger partial charge in [-0.2, -0.15) is 4.57 Å². The Morgan fingerprint density at radius 3 is 2.52 bits per heavy atom. The molecular weight excluding hydrogens is 384 g/mol. The molecule has 0 unspecified atom stereocenters. The monoisotopic (exact) mass is 404 g/mol. The molecule has 0 atom stereocenters. The van der Waals surface area contributed by atoms with E-state index in [9.17, 15) is 5.11 Å². The molecule has 0 radical (unpaired) electrons. The number of benzene rings is 2. The Hall–Kier alpha value is -3.38. The van der Waals surface area contributed by atoms with Gasteiger partial charge in [0.2, 0.25) is 5.70 Å². The Labute approximate surface area is 174 Å². The van der Waals surface area contributed by atoms with E-state index in [2.05, 4.69) is 5.32 Å². The van der Waals surface area contributed by atoms with Gasteiger partial charge in [0.1, 0.15) is 13.2 Å². The molecule has 1 aliphatic rings. The minimum absolute atomic E-state index is 0.203. The third kappa shape index (κ3) is 4.22. The quantitative estimate of drug-likeness (QED) is 0.313. The van der Waals surface area contributed by atoms with Crippen molar-refractivity contribution < 1.29 is 19.1 Å². The number of fused-ring (bicyclic) bond motifs is 1. The summed E-state index contributed by atoms with van der Waals surface area (Å²) >= 11 is 5.63. The van der Waals surface area contributed by atoms with Crippen LogP contribution in [0.5, 0.6) is 11.5 Å². The van der Waals surface area contributed by atoms with Crippen molar-refractivity contribution in [3.8, 4) is 11.5 Å². The summed E-state index contributed by atoms with van der Waals surface area (Å²) in [6.45, 7) is 2.93. The molecule has 0 fully saturated rings. The summed E-state index contributed by atoms with van der Waals surface area (Å²) in [6, 6.07) is 18.6. The third-order valence-corrected chi connectivity index (χ3v) is 4.77. The molecule has 0 aliphatic carbocycles. The van der Waals surface area contributed by atoms with Crippen molar-refractivity contribution in [2.75, 3.05) is 18.5 Å². The molecule has 0 bridgehead atoms. The van der Waals surface area contributed by atoms with E-state index in [4.69, 9.17) is 21.7 Å². The van der Waals surface area contributed by atoms with Gasteiger partial charge in [0, 0.05) is 17.3 Å². The molecule has 2 heterocycles. The lowest BCUT2D eigenvalue weighted by molar-refractivity contribution is -0.578. The fourth-order valence-corrected chi connectivity index (χ4v) is 3.42. The molecule has 0 saturated carbocycles. The maximum atomic E-state index is 13.5. The summed E-state index contributed by atoms with van der Waals surface area (Å²) in [5.74, 6) is 1.01. The van der Waals surface area contributed by atoms with Gasteiger partial charge in [-0.25, -0.2) is 0 Å². The summed E-state index contributed by atoms with van der Waals surface area (Å²) in [4.78, 5) is 0.340. The molecule has 0 spiro atoms. The summed E-state index contributed by atoms with van der Waals surface area (Å²) in [7, 11) is 0. The largest absolute Gasteiger partial charge is 0.867 e. The van der Waals surface area contributed by atoms with Crippen molar-refractivity contribution in [1.82, 2.24) is 0 Å². The zero-order chi connectivity index (χ0) is 20.2. The van der Waals surface area contributed by atoms with Crippen LogP contribution in [0.4, 0.5) is 5.69 Å². The Morgan fingerprint density at radius 1 is 1.00 bits per heavy atom. The van der Waals surface area contributed by atoms with Crippen molar-refractivity contribution in [1.29, 1.82) is 0 Å². The van der Waals surface area contributed by atoms with E-state index in [1.54, 1.807) is 22.8 Å². The number of ether oxygens (including phenoxy) is 2. The van der Waals surface area contributed by atoms with E-state index in [-0.39, 0.29) is 5.76 Å². The highest BCUT2D eigenvalue weighted by Gasteiger charge is 2.20. The summed E-state index contributed by atoms with van der Waals surface area (Å²) in [5, 5.41) is 16.7. The zero-order valence-corrected chi connectivity index (χ0v) is 16.7. The highest BCUT2D eigenvalue weighted by Crippen LogP contribution is 2.32. The number of hydrogen-bond donors (Lipinski definition) is 1. The number of aryl methyl sites for hydroxylation is 1. The molecule has 1 N–H and O–H groups in total. The second kappa shape index (κ2) is 8.32. The number of para-hydroxylation sites is 1. The van der Waals surface area contributed by atoms with Gasteiger partial charge in [-0.1, -0.05) is 36.5 Å². The number of aromatic nitrogens is 1. The molecule has 1 aromatic heterocycles. The molecule has 146 valence electrons. The van der Waals surface area contributed by atoms with Crippen LogP contribution in [-0.2, 0) is 0 Å². The van der Waals surface area contributed by atoms with Crippen LogP contribution in [0.1, 0.15) is 11.1 Å². The summed E-state index contributed by atoms with van der Waals surface area (Å²) in [6.07, 6.45) is 3.70. The first kappa shape index (κ1) is 19.0. The van der Waals surface area contributed by atoms with Gasteiger partial charge in [-0.05, 0) is 48.6 Å². The molecule has 3 aromatic rings. The molecule has 1 aliphatic heterocycles. The van der Waals surface area contributed by atoms with E-state index < -0.39 is 0 Å². The number of nitrogens with one attached hydrogen (secondary N) is 1. The Bertz CT molecular complexity index is 1080. The third-order valence-electron chi connectivity index (χ3n) is 4.47. The fraction of sp³-hybridized carbons (Fsp3) is 0.130. The lowest BCUT2D eigenvalue weighted by atomic mass is 10.1. The van der Waals surface area contributed by atoms with Gasteiger partial charge in [-0.15, -0.1) is 0 Å². The SMILES string of the molecule is Cc1ccc[n+](C(C(=S)Nc2ccccc2)=C([O-])c2ccc3c(c2)OCCO3)c1. The summed E-state index contributed by atoms with van der Waals surface area (Å²) < 4.78 is 12.9. The van der Waals surface area contributed by atoms with Gasteiger partial charge in [-0.3, -0.25) is 0 Å². The van der Waals surface area contributed by atoms with Crippen molar-refractivity contribution >= 4 is 34.3 Å². The number of nitrogens with zero attached hydrogens (tertiary/aromatic N) is 1. The first-order chi connectivity index (χ1) is 14.1. The Morgan fingerprint density at radius 2 is 1.76 bits per heavy atom. The Kier molecular flexibility index (Phi) is 5.44.